The summed E-state index contributed by atoms with van der Waals surface area (Å²) in [6, 6.07) is 18.2. The van der Waals surface area contributed by atoms with Gasteiger partial charge in [-0.25, -0.2) is 0 Å². The highest BCUT2D eigenvalue weighted by Crippen LogP contribution is 2.25. The van der Waals surface area contributed by atoms with Gasteiger partial charge in [0.2, 0.25) is 11.8 Å². The Labute approximate surface area is 183 Å². The number of rotatable bonds is 9. The molecule has 0 radical (unpaired) electrons. The molecule has 2 aromatic carbocycles. The van der Waals surface area contributed by atoms with Crippen molar-refractivity contribution in [3.63, 3.8) is 0 Å². The molecule has 6 nitrogen and oxygen atoms in total. The predicted octanol–water partition coefficient (Wildman–Crippen LogP) is 4.00. The van der Waals surface area contributed by atoms with Crippen LogP contribution in [0.2, 0.25) is 0 Å². The highest BCUT2D eigenvalue weighted by molar-refractivity contribution is 5.94. The van der Waals surface area contributed by atoms with Crippen LogP contribution in [0.4, 0.5) is 13.2 Å². The zero-order valence-corrected chi connectivity index (χ0v) is 17.3. The molecule has 2 atom stereocenters. The Morgan fingerprint density at radius 2 is 1.66 bits per heavy atom. The van der Waals surface area contributed by atoms with E-state index in [1.807, 2.05) is 60.7 Å². The molecule has 9 heteroatoms. The molecule has 1 unspecified atom stereocenters. The lowest BCUT2D eigenvalue weighted by atomic mass is 9.94. The van der Waals surface area contributed by atoms with Gasteiger partial charge < -0.3 is 15.5 Å². The fourth-order valence-electron chi connectivity index (χ4n) is 3.10. The van der Waals surface area contributed by atoms with Gasteiger partial charge in [-0.15, -0.1) is 10.2 Å². The van der Waals surface area contributed by atoms with Crippen molar-refractivity contribution in [1.82, 2.24) is 15.5 Å². The quantitative estimate of drug-likeness (QED) is 0.485. The number of hydrogen-bond donors (Lipinski definition) is 2. The summed E-state index contributed by atoms with van der Waals surface area (Å²) in [6.45, 7) is 1.76. The number of carbonyl (C=O) groups is 1. The minimum atomic E-state index is -4.94. The third-order valence-corrected chi connectivity index (χ3v) is 4.74. The van der Waals surface area contributed by atoms with Gasteiger partial charge in [0.15, 0.2) is 0 Å². The van der Waals surface area contributed by atoms with Gasteiger partial charge in [0, 0.05) is 18.7 Å². The molecule has 0 spiro atoms. The van der Waals surface area contributed by atoms with E-state index in [9.17, 15) is 18.0 Å². The first-order chi connectivity index (χ1) is 15.1. The summed E-state index contributed by atoms with van der Waals surface area (Å²) < 4.78 is 43.2. The van der Waals surface area contributed by atoms with Crippen molar-refractivity contribution in [3.8, 4) is 0 Å². The normalized spacial score (nSPS) is 14.8. The Hall–Kier alpha value is -3.46. The number of benzene rings is 2. The monoisotopic (exact) mass is 444 g/mol. The molecule has 0 fully saturated rings. The fourth-order valence-corrected chi connectivity index (χ4v) is 3.10. The van der Waals surface area contributed by atoms with Gasteiger partial charge in [0.25, 0.3) is 5.78 Å². The molecule has 0 saturated heterocycles. The molecule has 0 saturated carbocycles. The summed E-state index contributed by atoms with van der Waals surface area (Å²) in [7, 11) is 0. The maximum atomic E-state index is 12.5. The molecular weight excluding hydrogens is 421 g/mol. The zero-order chi connectivity index (χ0) is 23.2. The van der Waals surface area contributed by atoms with Crippen LogP contribution in [-0.4, -0.2) is 22.2 Å². The molecule has 1 aromatic heterocycles. The van der Waals surface area contributed by atoms with Crippen molar-refractivity contribution < 1.29 is 22.4 Å². The van der Waals surface area contributed by atoms with E-state index in [-0.39, 0.29) is 11.8 Å². The lowest BCUT2D eigenvalue weighted by Gasteiger charge is -2.20. The Morgan fingerprint density at radius 3 is 2.25 bits per heavy atom. The van der Waals surface area contributed by atoms with Crippen molar-refractivity contribution >= 4 is 5.78 Å². The standard InChI is InChI=1S/C23H23F3N4O2/c1-22(27,15-17-10-6-3-7-11-17)21-30-29-20(32-21)18(14-16-8-4-2-5-9-16)28-13-12-19(31)23(24,25)26/h2-13,18,28H,14-15,27H2,1H3/b13-12+/t18?,22-/m1/s1. The summed E-state index contributed by atoms with van der Waals surface area (Å²) in [5, 5.41) is 10.9. The number of halogens is 3. The Balaban J connectivity index is 1.80. The van der Waals surface area contributed by atoms with Crippen LogP contribution in [0, 0.1) is 0 Å². The van der Waals surface area contributed by atoms with Crippen molar-refractivity contribution in [3.05, 3.63) is 95.8 Å². The van der Waals surface area contributed by atoms with E-state index in [2.05, 4.69) is 15.5 Å². The van der Waals surface area contributed by atoms with Crippen LogP contribution < -0.4 is 11.1 Å². The highest BCUT2D eigenvalue weighted by Gasteiger charge is 2.36. The van der Waals surface area contributed by atoms with Crippen LogP contribution in [0.25, 0.3) is 0 Å². The van der Waals surface area contributed by atoms with Crippen molar-refractivity contribution in [2.45, 2.75) is 37.5 Å². The molecule has 0 bridgehead atoms. The molecule has 32 heavy (non-hydrogen) atoms. The second-order valence-corrected chi connectivity index (χ2v) is 7.63. The number of hydrogen-bond acceptors (Lipinski definition) is 6. The molecule has 168 valence electrons. The summed E-state index contributed by atoms with van der Waals surface area (Å²) in [5.74, 6) is -1.61. The largest absolute Gasteiger partial charge is 0.454 e. The van der Waals surface area contributed by atoms with E-state index in [1.54, 1.807) is 6.92 Å². The fraction of sp³-hybridized carbons (Fsp3) is 0.261. The van der Waals surface area contributed by atoms with E-state index in [0.717, 1.165) is 17.3 Å². The molecule has 0 aliphatic carbocycles. The van der Waals surface area contributed by atoms with Crippen LogP contribution >= 0.6 is 0 Å². The average Bonchev–Trinajstić information content (AvgIpc) is 3.25. The number of nitrogens with two attached hydrogens (primary N) is 1. The van der Waals surface area contributed by atoms with Gasteiger partial charge in [0.1, 0.15) is 6.04 Å². The molecule has 3 rings (SSSR count). The summed E-state index contributed by atoms with van der Waals surface area (Å²) in [5.41, 5.74) is 7.35. The molecule has 0 amide bonds. The van der Waals surface area contributed by atoms with E-state index in [0.29, 0.717) is 18.9 Å². The van der Waals surface area contributed by atoms with Gasteiger partial charge in [-0.2, -0.15) is 13.2 Å². The third kappa shape index (κ3) is 6.27. The molecule has 3 aromatic rings. The van der Waals surface area contributed by atoms with E-state index >= 15 is 0 Å². The number of ketones is 1. The Bertz CT molecular complexity index is 1050. The molecule has 0 aliphatic heterocycles. The Kier molecular flexibility index (Phi) is 7.09. The number of alkyl halides is 3. The first kappa shape index (κ1) is 23.2. The minimum Gasteiger partial charge on any atom is -0.421 e. The van der Waals surface area contributed by atoms with Crippen LogP contribution in [0.3, 0.4) is 0 Å². The van der Waals surface area contributed by atoms with E-state index < -0.39 is 23.5 Å². The number of aromatic nitrogens is 2. The lowest BCUT2D eigenvalue weighted by molar-refractivity contribution is -0.165. The van der Waals surface area contributed by atoms with Gasteiger partial charge >= 0.3 is 6.18 Å². The predicted molar refractivity (Wildman–Crippen MR) is 112 cm³/mol. The third-order valence-electron chi connectivity index (χ3n) is 4.74. The summed E-state index contributed by atoms with van der Waals surface area (Å²) in [4.78, 5) is 11.1. The van der Waals surface area contributed by atoms with Crippen molar-refractivity contribution in [1.29, 1.82) is 0 Å². The molecule has 1 heterocycles. The summed E-state index contributed by atoms with van der Waals surface area (Å²) >= 11 is 0. The number of allylic oxidation sites excluding steroid dienone is 1. The maximum Gasteiger partial charge on any atom is 0.454 e. The van der Waals surface area contributed by atoms with Gasteiger partial charge in [0.05, 0.1) is 5.54 Å². The van der Waals surface area contributed by atoms with Crippen LogP contribution in [0.5, 0.6) is 0 Å². The lowest BCUT2D eigenvalue weighted by Crippen LogP contribution is -2.36. The minimum absolute atomic E-state index is 0.151. The SMILES string of the molecule is C[C@@](N)(Cc1ccccc1)c1nnc(C(Cc2ccccc2)N/C=C/C(=O)C(F)(F)F)o1. The topological polar surface area (TPSA) is 94.0 Å². The molecule has 0 aliphatic rings. The Morgan fingerprint density at radius 1 is 1.06 bits per heavy atom. The van der Waals surface area contributed by atoms with Crippen LogP contribution in [0.15, 0.2) is 77.4 Å². The second-order valence-electron chi connectivity index (χ2n) is 7.63. The maximum absolute atomic E-state index is 12.5. The zero-order valence-electron chi connectivity index (χ0n) is 17.3. The molecule has 3 N–H and O–H groups in total. The first-order valence-corrected chi connectivity index (χ1v) is 9.89. The number of carbonyl (C=O) groups excluding carboxylic acids is 1. The smallest absolute Gasteiger partial charge is 0.421 e. The van der Waals surface area contributed by atoms with E-state index in [1.165, 1.54) is 0 Å². The molecular formula is C23H23F3N4O2. The van der Waals surface area contributed by atoms with Gasteiger partial charge in [-0.05, 0) is 24.5 Å². The second kappa shape index (κ2) is 9.78. The van der Waals surface area contributed by atoms with Crippen molar-refractivity contribution in [2.75, 3.05) is 0 Å². The van der Waals surface area contributed by atoms with Gasteiger partial charge in [-0.3, -0.25) is 4.79 Å². The highest BCUT2D eigenvalue weighted by atomic mass is 19.4. The number of nitrogens with one attached hydrogen (secondary N) is 1. The number of nitrogens with zero attached hydrogens (tertiary/aromatic N) is 2. The van der Waals surface area contributed by atoms with Gasteiger partial charge in [-0.1, -0.05) is 60.7 Å². The first-order valence-electron chi connectivity index (χ1n) is 9.89. The van der Waals surface area contributed by atoms with Crippen LogP contribution in [0.1, 0.15) is 35.9 Å². The van der Waals surface area contributed by atoms with Crippen LogP contribution in [-0.2, 0) is 23.2 Å². The average molecular weight is 444 g/mol. The van der Waals surface area contributed by atoms with Crippen molar-refractivity contribution in [2.24, 2.45) is 5.73 Å². The summed E-state index contributed by atoms with van der Waals surface area (Å²) in [6.07, 6.45) is -2.78. The van der Waals surface area contributed by atoms with E-state index in [4.69, 9.17) is 10.2 Å².